The number of carbonyl (C=O) groups excluding carboxylic acids is 1. The molecule has 5 nitrogen and oxygen atoms in total. The van der Waals surface area contributed by atoms with Gasteiger partial charge >= 0.3 is 0 Å². The Morgan fingerprint density at radius 1 is 1.56 bits per heavy atom. The summed E-state index contributed by atoms with van der Waals surface area (Å²) in [5, 5.41) is 2.83. The summed E-state index contributed by atoms with van der Waals surface area (Å²) in [7, 11) is 0. The molecule has 2 atom stereocenters. The highest BCUT2D eigenvalue weighted by molar-refractivity contribution is 5.80. The number of nitrogens with one attached hydrogen (secondary N) is 1. The van der Waals surface area contributed by atoms with Crippen molar-refractivity contribution in [3.63, 3.8) is 0 Å². The molecule has 1 aromatic rings. The predicted octanol–water partition coefficient (Wildman–Crippen LogP) is -0.00380. The molecule has 2 rings (SSSR count). The Balaban J connectivity index is 1.83. The minimum absolute atomic E-state index is 0.00260. The van der Waals surface area contributed by atoms with Gasteiger partial charge in [0.25, 0.3) is 0 Å². The Morgan fingerprint density at radius 2 is 2.44 bits per heavy atom. The van der Waals surface area contributed by atoms with E-state index in [1.54, 1.807) is 12.3 Å². The second kappa shape index (κ2) is 4.85. The van der Waals surface area contributed by atoms with Crippen molar-refractivity contribution < 1.29 is 4.79 Å². The predicted molar refractivity (Wildman–Crippen MR) is 59.1 cm³/mol. The molecule has 0 aliphatic heterocycles. The average Bonchev–Trinajstić information content (AvgIpc) is 2.74. The van der Waals surface area contributed by atoms with E-state index in [0.717, 1.165) is 5.69 Å². The van der Waals surface area contributed by atoms with Gasteiger partial charge in [0.15, 0.2) is 0 Å². The first-order valence-corrected chi connectivity index (χ1v) is 5.22. The van der Waals surface area contributed by atoms with E-state index in [9.17, 15) is 4.79 Å². The first-order valence-electron chi connectivity index (χ1n) is 5.22. The molecule has 5 heteroatoms. The van der Waals surface area contributed by atoms with Crippen LogP contribution in [0, 0.1) is 5.92 Å². The Morgan fingerprint density at radius 3 is 3.06 bits per heavy atom. The van der Waals surface area contributed by atoms with Crippen molar-refractivity contribution in [2.75, 3.05) is 0 Å². The van der Waals surface area contributed by atoms with Gasteiger partial charge in [-0.1, -0.05) is 12.2 Å². The molecule has 0 bridgehead atoms. The van der Waals surface area contributed by atoms with Gasteiger partial charge in [-0.15, -0.1) is 0 Å². The van der Waals surface area contributed by atoms with Crippen LogP contribution in [0.3, 0.4) is 0 Å². The molecular formula is C11H14N4O. The van der Waals surface area contributed by atoms with Crippen LogP contribution in [0.25, 0.3) is 0 Å². The van der Waals surface area contributed by atoms with Crippen molar-refractivity contribution in [3.8, 4) is 0 Å². The van der Waals surface area contributed by atoms with Crippen LogP contribution in [0.5, 0.6) is 0 Å². The first-order chi connectivity index (χ1) is 7.75. The van der Waals surface area contributed by atoms with E-state index in [2.05, 4.69) is 15.3 Å². The van der Waals surface area contributed by atoms with E-state index in [4.69, 9.17) is 5.73 Å². The summed E-state index contributed by atoms with van der Waals surface area (Å²) in [6.07, 6.45) is 7.54. The second-order valence-corrected chi connectivity index (χ2v) is 3.81. The summed E-state index contributed by atoms with van der Waals surface area (Å²) in [6, 6.07) is 1.78. The third kappa shape index (κ3) is 2.64. The molecule has 0 saturated heterocycles. The molecule has 1 aromatic heterocycles. The summed E-state index contributed by atoms with van der Waals surface area (Å²) < 4.78 is 0. The van der Waals surface area contributed by atoms with Crippen LogP contribution in [-0.4, -0.2) is 21.9 Å². The largest absolute Gasteiger partial charge is 0.350 e. The molecule has 0 saturated carbocycles. The molecule has 1 aliphatic rings. The maximum absolute atomic E-state index is 11.7. The molecule has 1 aliphatic carbocycles. The number of nitrogens with two attached hydrogens (primary N) is 1. The molecule has 84 valence electrons. The molecule has 16 heavy (non-hydrogen) atoms. The minimum Gasteiger partial charge on any atom is -0.350 e. The Hall–Kier alpha value is -1.75. The number of aromatic nitrogens is 2. The maximum atomic E-state index is 11.7. The van der Waals surface area contributed by atoms with Gasteiger partial charge in [-0.2, -0.15) is 0 Å². The fourth-order valence-electron chi connectivity index (χ4n) is 1.65. The molecule has 0 aromatic carbocycles. The lowest BCUT2D eigenvalue weighted by atomic mass is 10.1. The van der Waals surface area contributed by atoms with Crippen LogP contribution in [0.1, 0.15) is 12.1 Å². The van der Waals surface area contributed by atoms with Gasteiger partial charge in [-0.05, 0) is 12.5 Å². The van der Waals surface area contributed by atoms with Gasteiger partial charge in [0, 0.05) is 12.2 Å². The van der Waals surface area contributed by atoms with Gasteiger partial charge in [-0.25, -0.2) is 9.97 Å². The van der Waals surface area contributed by atoms with Gasteiger partial charge in [0.1, 0.15) is 6.33 Å². The summed E-state index contributed by atoms with van der Waals surface area (Å²) in [5.74, 6) is -0.0975. The Bertz CT molecular complexity index is 390. The smallest absolute Gasteiger partial charge is 0.227 e. The van der Waals surface area contributed by atoms with E-state index in [-0.39, 0.29) is 17.9 Å². The van der Waals surface area contributed by atoms with Crippen molar-refractivity contribution in [3.05, 3.63) is 36.4 Å². The fourth-order valence-corrected chi connectivity index (χ4v) is 1.65. The van der Waals surface area contributed by atoms with Crippen LogP contribution in [0.15, 0.2) is 30.7 Å². The fraction of sp³-hybridized carbons (Fsp3) is 0.364. The zero-order valence-corrected chi connectivity index (χ0v) is 8.84. The van der Waals surface area contributed by atoms with Crippen molar-refractivity contribution in [2.24, 2.45) is 11.7 Å². The number of carbonyl (C=O) groups is 1. The van der Waals surface area contributed by atoms with Gasteiger partial charge in [0.05, 0.1) is 18.2 Å². The third-order valence-electron chi connectivity index (χ3n) is 2.54. The van der Waals surface area contributed by atoms with Crippen molar-refractivity contribution in [2.45, 2.75) is 19.0 Å². The highest BCUT2D eigenvalue weighted by Crippen LogP contribution is 2.16. The number of hydrogen-bond donors (Lipinski definition) is 2. The SMILES string of the molecule is NC1C=CC(C(=O)NCc2ccncn2)C1. The second-order valence-electron chi connectivity index (χ2n) is 3.81. The lowest BCUT2D eigenvalue weighted by Gasteiger charge is -2.09. The van der Waals surface area contributed by atoms with Crippen LogP contribution in [-0.2, 0) is 11.3 Å². The van der Waals surface area contributed by atoms with E-state index in [1.807, 2.05) is 12.2 Å². The topological polar surface area (TPSA) is 80.9 Å². The molecular weight excluding hydrogens is 204 g/mol. The maximum Gasteiger partial charge on any atom is 0.227 e. The lowest BCUT2D eigenvalue weighted by Crippen LogP contribution is -2.30. The lowest BCUT2D eigenvalue weighted by molar-refractivity contribution is -0.123. The number of hydrogen-bond acceptors (Lipinski definition) is 4. The van der Waals surface area contributed by atoms with E-state index in [0.29, 0.717) is 13.0 Å². The molecule has 1 amide bonds. The summed E-state index contributed by atoms with van der Waals surface area (Å²) in [6.45, 7) is 0.431. The molecule has 0 radical (unpaired) electrons. The highest BCUT2D eigenvalue weighted by Gasteiger charge is 2.22. The van der Waals surface area contributed by atoms with Gasteiger partial charge in [0.2, 0.25) is 5.91 Å². The van der Waals surface area contributed by atoms with Crippen molar-refractivity contribution in [1.82, 2.24) is 15.3 Å². The quantitative estimate of drug-likeness (QED) is 0.699. The third-order valence-corrected chi connectivity index (χ3v) is 2.54. The first kappa shape index (κ1) is 10.8. The van der Waals surface area contributed by atoms with E-state index >= 15 is 0 Å². The van der Waals surface area contributed by atoms with Crippen LogP contribution in [0.4, 0.5) is 0 Å². The highest BCUT2D eigenvalue weighted by atomic mass is 16.1. The minimum atomic E-state index is -0.100. The molecule has 2 unspecified atom stereocenters. The van der Waals surface area contributed by atoms with Gasteiger partial charge < -0.3 is 11.1 Å². The van der Waals surface area contributed by atoms with Crippen LogP contribution >= 0.6 is 0 Å². The van der Waals surface area contributed by atoms with E-state index in [1.165, 1.54) is 6.33 Å². The molecule has 1 heterocycles. The zero-order valence-electron chi connectivity index (χ0n) is 8.84. The number of nitrogens with zero attached hydrogens (tertiary/aromatic N) is 2. The molecule has 0 fully saturated rings. The Labute approximate surface area is 93.8 Å². The zero-order chi connectivity index (χ0) is 11.4. The standard InChI is InChI=1S/C11H14N4O/c12-9-2-1-8(5-9)11(16)14-6-10-3-4-13-7-15-10/h1-4,7-9H,5-6,12H2,(H,14,16). The molecule has 3 N–H and O–H groups in total. The monoisotopic (exact) mass is 218 g/mol. The number of rotatable bonds is 3. The van der Waals surface area contributed by atoms with Crippen LogP contribution < -0.4 is 11.1 Å². The molecule has 0 spiro atoms. The normalized spacial score (nSPS) is 23.3. The van der Waals surface area contributed by atoms with Crippen molar-refractivity contribution >= 4 is 5.91 Å². The average molecular weight is 218 g/mol. The van der Waals surface area contributed by atoms with Gasteiger partial charge in [-0.3, -0.25) is 4.79 Å². The summed E-state index contributed by atoms with van der Waals surface area (Å²) in [5.41, 5.74) is 6.48. The summed E-state index contributed by atoms with van der Waals surface area (Å²) >= 11 is 0. The Kier molecular flexibility index (Phi) is 3.26. The summed E-state index contributed by atoms with van der Waals surface area (Å²) in [4.78, 5) is 19.5. The van der Waals surface area contributed by atoms with E-state index < -0.39 is 0 Å². The van der Waals surface area contributed by atoms with Crippen molar-refractivity contribution in [1.29, 1.82) is 0 Å². The van der Waals surface area contributed by atoms with Crippen LogP contribution in [0.2, 0.25) is 0 Å². The number of amides is 1.